The van der Waals surface area contributed by atoms with E-state index in [9.17, 15) is 14.4 Å². The quantitative estimate of drug-likeness (QED) is 0.374. The molecule has 186 valence electrons. The van der Waals surface area contributed by atoms with Crippen molar-refractivity contribution in [1.29, 1.82) is 0 Å². The minimum atomic E-state index is -0.606. The Bertz CT molecular complexity index is 1500. The van der Waals surface area contributed by atoms with E-state index in [4.69, 9.17) is 4.52 Å². The third-order valence-electron chi connectivity index (χ3n) is 5.82. The summed E-state index contributed by atoms with van der Waals surface area (Å²) in [6, 6.07) is 14.9. The van der Waals surface area contributed by atoms with Crippen LogP contribution in [0.1, 0.15) is 37.3 Å². The van der Waals surface area contributed by atoms with E-state index in [0.717, 1.165) is 26.1 Å². The summed E-state index contributed by atoms with van der Waals surface area (Å²) in [5.74, 6) is 0.0924. The van der Waals surface area contributed by atoms with Gasteiger partial charge in [-0.25, -0.2) is 4.79 Å². The summed E-state index contributed by atoms with van der Waals surface area (Å²) in [5, 5.41) is 8.17. The molecule has 0 bridgehead atoms. The highest BCUT2D eigenvalue weighted by Crippen LogP contribution is 2.18. The molecular weight excluding hydrogens is 460 g/mol. The number of carbonyl (C=O) groups is 1. The zero-order valence-electron chi connectivity index (χ0n) is 20.8. The monoisotopic (exact) mass is 488 g/mol. The average Bonchev–Trinajstić information content (AvgIpc) is 3.33. The molecule has 36 heavy (non-hydrogen) atoms. The van der Waals surface area contributed by atoms with Gasteiger partial charge in [-0.3, -0.25) is 14.2 Å². The molecule has 1 amide bonds. The van der Waals surface area contributed by atoms with Crippen molar-refractivity contribution in [3.63, 3.8) is 0 Å². The number of rotatable bonds is 8. The van der Waals surface area contributed by atoms with Crippen LogP contribution in [0.25, 0.3) is 17.2 Å². The second kappa shape index (κ2) is 10.5. The van der Waals surface area contributed by atoms with Gasteiger partial charge in [0.15, 0.2) is 5.69 Å². The van der Waals surface area contributed by atoms with Crippen LogP contribution in [0.4, 0.5) is 5.69 Å². The van der Waals surface area contributed by atoms with Crippen LogP contribution >= 0.6 is 0 Å². The first kappa shape index (κ1) is 24.8. The van der Waals surface area contributed by atoms with Gasteiger partial charge in [0.05, 0.1) is 5.69 Å². The van der Waals surface area contributed by atoms with Gasteiger partial charge in [0.1, 0.15) is 0 Å². The zero-order valence-corrected chi connectivity index (χ0v) is 20.8. The predicted molar refractivity (Wildman–Crippen MR) is 135 cm³/mol. The fourth-order valence-corrected chi connectivity index (χ4v) is 3.89. The van der Waals surface area contributed by atoms with Crippen molar-refractivity contribution >= 4 is 11.6 Å². The molecule has 0 unspecified atom stereocenters. The minimum absolute atomic E-state index is 0.0310. The number of hydrogen-bond acceptors (Lipinski definition) is 7. The molecule has 0 radical (unpaired) electrons. The number of amides is 1. The summed E-state index contributed by atoms with van der Waals surface area (Å²) >= 11 is 0. The van der Waals surface area contributed by atoms with Crippen molar-refractivity contribution < 1.29 is 9.32 Å². The lowest BCUT2D eigenvalue weighted by Crippen LogP contribution is -2.41. The largest absolute Gasteiger partial charge is 0.352 e. The van der Waals surface area contributed by atoms with Crippen LogP contribution in [0.5, 0.6) is 0 Å². The molecule has 0 aliphatic rings. The summed E-state index contributed by atoms with van der Waals surface area (Å²) < 4.78 is 7.55. The van der Waals surface area contributed by atoms with Crippen molar-refractivity contribution in [2.24, 2.45) is 0 Å². The van der Waals surface area contributed by atoms with Crippen LogP contribution in [0.3, 0.4) is 0 Å². The lowest BCUT2D eigenvalue weighted by Gasteiger charge is -2.21. The Morgan fingerprint density at radius 3 is 2.44 bits per heavy atom. The van der Waals surface area contributed by atoms with Crippen LogP contribution in [-0.2, 0) is 17.8 Å². The Morgan fingerprint density at radius 2 is 1.78 bits per heavy atom. The third kappa shape index (κ3) is 5.02. The summed E-state index contributed by atoms with van der Waals surface area (Å²) in [6.45, 7) is 8.21. The Labute approximate surface area is 207 Å². The van der Waals surface area contributed by atoms with E-state index in [0.29, 0.717) is 12.2 Å². The number of aryl methyl sites for hydroxylation is 3. The van der Waals surface area contributed by atoms with Crippen molar-refractivity contribution in [2.75, 3.05) is 11.4 Å². The van der Waals surface area contributed by atoms with Crippen LogP contribution in [0, 0.1) is 13.8 Å². The molecule has 10 nitrogen and oxygen atoms in total. The molecule has 2 aromatic carbocycles. The molecular formula is C26H28N6O4. The van der Waals surface area contributed by atoms with Crippen LogP contribution in [0.15, 0.2) is 62.6 Å². The molecule has 0 spiro atoms. The van der Waals surface area contributed by atoms with Gasteiger partial charge >= 0.3 is 5.69 Å². The van der Waals surface area contributed by atoms with E-state index in [1.54, 1.807) is 24.0 Å². The summed E-state index contributed by atoms with van der Waals surface area (Å²) in [5.41, 5.74) is 2.17. The van der Waals surface area contributed by atoms with Crippen molar-refractivity contribution in [2.45, 2.75) is 47.1 Å². The van der Waals surface area contributed by atoms with Crippen LogP contribution < -0.4 is 16.1 Å². The molecule has 4 rings (SSSR count). The first-order valence-electron chi connectivity index (χ1n) is 11.8. The smallest absolute Gasteiger partial charge is 0.339 e. The Kier molecular flexibility index (Phi) is 7.23. The standard InChI is InChI=1S/C26H28N6O4/c1-5-30(20-9-7-8-18(4)16-20)22(33)15-14-21-27-24(29-36-21)23-25(34)31(6-2)26(35)32(28-23)19-12-10-17(3)11-13-19/h7-13,16H,5-6,14-15H2,1-4H3. The van der Waals surface area contributed by atoms with Crippen LogP contribution in [0.2, 0.25) is 0 Å². The van der Waals surface area contributed by atoms with Gasteiger partial charge in [-0.15, -0.1) is 0 Å². The SMILES string of the molecule is CCN(C(=O)CCc1nc(-c2nn(-c3ccc(C)cc3)c(=O)n(CC)c2=O)no1)c1cccc(C)c1. The maximum atomic E-state index is 13.0. The molecule has 0 aliphatic heterocycles. The highest BCUT2D eigenvalue weighted by atomic mass is 16.5. The lowest BCUT2D eigenvalue weighted by molar-refractivity contribution is -0.118. The minimum Gasteiger partial charge on any atom is -0.339 e. The van der Waals surface area contributed by atoms with Crippen molar-refractivity contribution in [1.82, 2.24) is 24.5 Å². The van der Waals surface area contributed by atoms with E-state index >= 15 is 0 Å². The van der Waals surface area contributed by atoms with Crippen molar-refractivity contribution in [3.05, 3.63) is 86.4 Å². The molecule has 0 saturated carbocycles. The average molecular weight is 489 g/mol. The normalized spacial score (nSPS) is 11.0. The molecule has 2 aromatic heterocycles. The fraction of sp³-hybridized carbons (Fsp3) is 0.308. The molecule has 0 atom stereocenters. The number of carbonyl (C=O) groups excluding carboxylic acids is 1. The topological polar surface area (TPSA) is 116 Å². The number of benzene rings is 2. The van der Waals surface area contributed by atoms with E-state index in [1.165, 1.54) is 0 Å². The molecule has 0 N–H and O–H groups in total. The van der Waals surface area contributed by atoms with E-state index in [2.05, 4.69) is 15.2 Å². The summed E-state index contributed by atoms with van der Waals surface area (Å²) in [4.78, 5) is 44.7. The predicted octanol–water partition coefficient (Wildman–Crippen LogP) is 3.07. The number of anilines is 1. The zero-order chi connectivity index (χ0) is 25.8. The fourth-order valence-electron chi connectivity index (χ4n) is 3.89. The maximum Gasteiger partial charge on any atom is 0.352 e. The molecule has 0 aliphatic carbocycles. The molecule has 4 aromatic rings. The Balaban J connectivity index is 1.59. The number of aromatic nitrogens is 5. The second-order valence-corrected chi connectivity index (χ2v) is 8.42. The number of nitrogens with zero attached hydrogens (tertiary/aromatic N) is 6. The van der Waals surface area contributed by atoms with E-state index in [1.807, 2.05) is 57.2 Å². The van der Waals surface area contributed by atoms with Gasteiger partial charge in [0.25, 0.3) is 5.56 Å². The number of hydrogen-bond donors (Lipinski definition) is 0. The van der Waals surface area contributed by atoms with Crippen molar-refractivity contribution in [3.8, 4) is 17.2 Å². The van der Waals surface area contributed by atoms with Gasteiger partial charge in [0.2, 0.25) is 17.6 Å². The molecule has 0 fully saturated rings. The molecule has 2 heterocycles. The lowest BCUT2D eigenvalue weighted by atomic mass is 10.2. The Hall–Kier alpha value is -4.34. The first-order valence-corrected chi connectivity index (χ1v) is 11.8. The summed E-state index contributed by atoms with van der Waals surface area (Å²) in [7, 11) is 0. The second-order valence-electron chi connectivity index (χ2n) is 8.42. The van der Waals surface area contributed by atoms with Gasteiger partial charge in [0, 0.05) is 31.6 Å². The summed E-state index contributed by atoms with van der Waals surface area (Å²) in [6.07, 6.45) is 0.354. The first-order chi connectivity index (χ1) is 17.3. The van der Waals surface area contributed by atoms with Crippen LogP contribution in [-0.4, -0.2) is 36.9 Å². The van der Waals surface area contributed by atoms with E-state index in [-0.39, 0.29) is 42.7 Å². The highest BCUT2D eigenvalue weighted by Gasteiger charge is 2.21. The molecule has 10 heteroatoms. The van der Waals surface area contributed by atoms with Gasteiger partial charge < -0.3 is 9.42 Å². The van der Waals surface area contributed by atoms with Gasteiger partial charge in [-0.05, 0) is 57.5 Å². The van der Waals surface area contributed by atoms with Gasteiger partial charge in [-0.2, -0.15) is 14.8 Å². The molecule has 0 saturated heterocycles. The maximum absolute atomic E-state index is 13.0. The highest BCUT2D eigenvalue weighted by molar-refractivity contribution is 5.93. The van der Waals surface area contributed by atoms with Gasteiger partial charge in [-0.1, -0.05) is 35.0 Å². The third-order valence-corrected chi connectivity index (χ3v) is 5.82. The van der Waals surface area contributed by atoms with E-state index < -0.39 is 11.2 Å². The Morgan fingerprint density at radius 1 is 1.03 bits per heavy atom.